The highest BCUT2D eigenvalue weighted by Crippen LogP contribution is 2.20. The van der Waals surface area contributed by atoms with Crippen LogP contribution < -0.4 is 11.1 Å². The molecule has 0 aliphatic heterocycles. The Hall–Kier alpha value is -1.88. The molecule has 110 valence electrons. The highest BCUT2D eigenvalue weighted by atomic mass is 16.4. The number of amides is 1. The van der Waals surface area contributed by atoms with Crippen molar-refractivity contribution in [3.8, 4) is 0 Å². The Kier molecular flexibility index (Phi) is 4.89. The van der Waals surface area contributed by atoms with Crippen LogP contribution in [0.4, 0.5) is 0 Å². The van der Waals surface area contributed by atoms with E-state index in [2.05, 4.69) is 5.32 Å². The van der Waals surface area contributed by atoms with Crippen molar-refractivity contribution in [2.45, 2.75) is 39.8 Å². The quantitative estimate of drug-likeness (QED) is 0.780. The minimum atomic E-state index is -1.07. The average molecular weight is 278 g/mol. The SMILES string of the molecule is Cc1ccc(C(N)C(=O)NC(C(=O)O)C(C)(C)C)cc1. The van der Waals surface area contributed by atoms with E-state index in [9.17, 15) is 14.7 Å². The zero-order valence-electron chi connectivity index (χ0n) is 12.3. The summed E-state index contributed by atoms with van der Waals surface area (Å²) in [6.45, 7) is 7.20. The highest BCUT2D eigenvalue weighted by Gasteiger charge is 2.33. The Labute approximate surface area is 119 Å². The summed E-state index contributed by atoms with van der Waals surface area (Å²) in [5, 5.41) is 11.7. The van der Waals surface area contributed by atoms with Crippen molar-refractivity contribution in [1.29, 1.82) is 0 Å². The predicted octanol–water partition coefficient (Wildman–Crippen LogP) is 1.61. The first-order valence-electron chi connectivity index (χ1n) is 6.48. The predicted molar refractivity (Wildman–Crippen MR) is 77.1 cm³/mol. The van der Waals surface area contributed by atoms with Crippen molar-refractivity contribution >= 4 is 11.9 Å². The number of aliphatic carboxylic acids is 1. The van der Waals surface area contributed by atoms with Gasteiger partial charge in [0.1, 0.15) is 12.1 Å². The standard InChI is InChI=1S/C15H22N2O3/c1-9-5-7-10(8-6-9)11(16)13(18)17-12(14(19)20)15(2,3)4/h5-8,11-12H,16H2,1-4H3,(H,17,18)(H,19,20). The van der Waals surface area contributed by atoms with Gasteiger partial charge in [0.15, 0.2) is 0 Å². The lowest BCUT2D eigenvalue weighted by molar-refractivity contribution is -0.145. The largest absolute Gasteiger partial charge is 0.480 e. The van der Waals surface area contributed by atoms with E-state index >= 15 is 0 Å². The number of carbonyl (C=O) groups is 2. The molecule has 0 saturated heterocycles. The molecular formula is C15H22N2O3. The molecule has 5 nitrogen and oxygen atoms in total. The molecule has 1 aromatic carbocycles. The van der Waals surface area contributed by atoms with E-state index in [0.29, 0.717) is 5.56 Å². The summed E-state index contributed by atoms with van der Waals surface area (Å²) in [5.74, 6) is -1.56. The third-order valence-electron chi connectivity index (χ3n) is 3.12. The topological polar surface area (TPSA) is 92.4 Å². The van der Waals surface area contributed by atoms with Gasteiger partial charge in [-0.15, -0.1) is 0 Å². The van der Waals surface area contributed by atoms with Gasteiger partial charge < -0.3 is 16.2 Å². The maximum absolute atomic E-state index is 12.1. The summed E-state index contributed by atoms with van der Waals surface area (Å²) in [6.07, 6.45) is 0. The molecule has 0 heterocycles. The van der Waals surface area contributed by atoms with Crippen molar-refractivity contribution in [3.63, 3.8) is 0 Å². The van der Waals surface area contributed by atoms with Gasteiger partial charge in [0.05, 0.1) is 0 Å². The molecular weight excluding hydrogens is 256 g/mol. The van der Waals surface area contributed by atoms with Gasteiger partial charge in [0.25, 0.3) is 0 Å². The lowest BCUT2D eigenvalue weighted by atomic mass is 9.86. The molecule has 0 fully saturated rings. The molecule has 0 spiro atoms. The van der Waals surface area contributed by atoms with Crippen LogP contribution in [0.3, 0.4) is 0 Å². The summed E-state index contributed by atoms with van der Waals surface area (Å²) < 4.78 is 0. The molecule has 1 aromatic rings. The summed E-state index contributed by atoms with van der Waals surface area (Å²) in [5.41, 5.74) is 7.01. The maximum Gasteiger partial charge on any atom is 0.326 e. The number of nitrogens with one attached hydrogen (secondary N) is 1. The zero-order valence-corrected chi connectivity index (χ0v) is 12.3. The number of carbonyl (C=O) groups excluding carboxylic acids is 1. The van der Waals surface area contributed by atoms with Crippen molar-refractivity contribution < 1.29 is 14.7 Å². The van der Waals surface area contributed by atoms with E-state index in [1.165, 1.54) is 0 Å². The second-order valence-corrected chi connectivity index (χ2v) is 6.03. The number of carboxylic acid groups (broad SMARTS) is 1. The van der Waals surface area contributed by atoms with Crippen LogP contribution in [0.1, 0.15) is 37.9 Å². The van der Waals surface area contributed by atoms with E-state index < -0.39 is 29.4 Å². The minimum absolute atomic E-state index is 0.490. The number of hydrogen-bond acceptors (Lipinski definition) is 3. The fourth-order valence-electron chi connectivity index (χ4n) is 1.81. The van der Waals surface area contributed by atoms with Crippen LogP contribution in [-0.2, 0) is 9.59 Å². The molecule has 2 atom stereocenters. The van der Waals surface area contributed by atoms with Gasteiger partial charge in [0, 0.05) is 0 Å². The number of hydrogen-bond donors (Lipinski definition) is 3. The molecule has 4 N–H and O–H groups in total. The monoisotopic (exact) mass is 278 g/mol. The van der Waals surface area contributed by atoms with Crippen molar-refractivity contribution in [2.24, 2.45) is 11.1 Å². The Morgan fingerprint density at radius 3 is 2.10 bits per heavy atom. The lowest BCUT2D eigenvalue weighted by Gasteiger charge is -2.28. The van der Waals surface area contributed by atoms with E-state index in [1.54, 1.807) is 32.9 Å². The van der Waals surface area contributed by atoms with Crippen LogP contribution in [0.15, 0.2) is 24.3 Å². The van der Waals surface area contributed by atoms with Crippen molar-refractivity contribution in [1.82, 2.24) is 5.32 Å². The fourth-order valence-corrected chi connectivity index (χ4v) is 1.81. The molecule has 1 rings (SSSR count). The van der Waals surface area contributed by atoms with Crippen LogP contribution >= 0.6 is 0 Å². The van der Waals surface area contributed by atoms with Gasteiger partial charge in [-0.3, -0.25) is 4.79 Å². The first-order chi connectivity index (χ1) is 9.12. The van der Waals surface area contributed by atoms with Gasteiger partial charge in [-0.2, -0.15) is 0 Å². The summed E-state index contributed by atoms with van der Waals surface area (Å²) in [6, 6.07) is 5.41. The zero-order chi connectivity index (χ0) is 15.5. The first kappa shape index (κ1) is 16.2. The Morgan fingerprint density at radius 1 is 1.20 bits per heavy atom. The number of nitrogens with two attached hydrogens (primary N) is 1. The van der Waals surface area contributed by atoms with Crippen LogP contribution in [0.5, 0.6) is 0 Å². The number of carboxylic acids is 1. The van der Waals surface area contributed by atoms with Gasteiger partial charge in [-0.05, 0) is 17.9 Å². The van der Waals surface area contributed by atoms with E-state index in [-0.39, 0.29) is 0 Å². The Bertz CT molecular complexity index is 489. The minimum Gasteiger partial charge on any atom is -0.480 e. The summed E-state index contributed by atoms with van der Waals surface area (Å²) in [4.78, 5) is 23.3. The average Bonchev–Trinajstić information content (AvgIpc) is 2.33. The van der Waals surface area contributed by atoms with Gasteiger partial charge >= 0.3 is 5.97 Å². The number of aryl methyl sites for hydroxylation is 1. The molecule has 0 bridgehead atoms. The maximum atomic E-state index is 12.1. The first-order valence-corrected chi connectivity index (χ1v) is 6.48. The highest BCUT2D eigenvalue weighted by molar-refractivity contribution is 5.88. The molecule has 0 aromatic heterocycles. The van der Waals surface area contributed by atoms with E-state index in [0.717, 1.165) is 5.56 Å². The van der Waals surface area contributed by atoms with Crippen molar-refractivity contribution in [3.05, 3.63) is 35.4 Å². The molecule has 0 radical (unpaired) electrons. The third kappa shape index (κ3) is 4.06. The molecule has 0 aliphatic rings. The summed E-state index contributed by atoms with van der Waals surface area (Å²) in [7, 11) is 0. The normalized spacial score (nSPS) is 14.4. The van der Waals surface area contributed by atoms with E-state index in [1.807, 2.05) is 19.1 Å². The van der Waals surface area contributed by atoms with E-state index in [4.69, 9.17) is 5.73 Å². The molecule has 20 heavy (non-hydrogen) atoms. The molecule has 0 saturated carbocycles. The van der Waals surface area contributed by atoms with Crippen LogP contribution in [-0.4, -0.2) is 23.0 Å². The van der Waals surface area contributed by atoms with Crippen LogP contribution in [0.2, 0.25) is 0 Å². The van der Waals surface area contributed by atoms with Crippen LogP contribution in [0.25, 0.3) is 0 Å². The lowest BCUT2D eigenvalue weighted by Crippen LogP contribution is -2.51. The Morgan fingerprint density at radius 2 is 1.70 bits per heavy atom. The molecule has 0 aliphatic carbocycles. The molecule has 5 heteroatoms. The second-order valence-electron chi connectivity index (χ2n) is 6.03. The fraction of sp³-hybridized carbons (Fsp3) is 0.467. The summed E-state index contributed by atoms with van der Waals surface area (Å²) >= 11 is 0. The smallest absolute Gasteiger partial charge is 0.326 e. The van der Waals surface area contributed by atoms with Gasteiger partial charge in [0.2, 0.25) is 5.91 Å². The Balaban J connectivity index is 2.84. The van der Waals surface area contributed by atoms with Crippen molar-refractivity contribution in [2.75, 3.05) is 0 Å². The second kappa shape index (κ2) is 6.05. The van der Waals surface area contributed by atoms with Gasteiger partial charge in [-0.1, -0.05) is 50.6 Å². The number of benzene rings is 1. The third-order valence-corrected chi connectivity index (χ3v) is 3.12. The molecule has 1 amide bonds. The molecule has 2 unspecified atom stereocenters. The van der Waals surface area contributed by atoms with Crippen LogP contribution in [0, 0.1) is 12.3 Å². The van der Waals surface area contributed by atoms with Gasteiger partial charge in [-0.25, -0.2) is 4.79 Å². The number of rotatable bonds is 4.